The monoisotopic (exact) mass is 941 g/mol. The van der Waals surface area contributed by atoms with Crippen molar-refractivity contribution in [2.45, 2.75) is 133 Å². The highest BCUT2D eigenvalue weighted by Gasteiger charge is 2.35. The first-order chi connectivity index (χ1) is 32.8. The molecule has 8 atom stereocenters. The maximum absolute atomic E-state index is 14.2. The summed E-state index contributed by atoms with van der Waals surface area (Å²) in [6.45, 7) is 1.10. The van der Waals surface area contributed by atoms with Gasteiger partial charge in [0.15, 0.2) is 0 Å². The number of rotatable bonds is 25. The molecule has 368 valence electrons. The predicted octanol–water partition coefficient (Wildman–Crippen LogP) is 2.23. The van der Waals surface area contributed by atoms with Crippen molar-refractivity contribution in [2.24, 2.45) is 23.3 Å². The van der Waals surface area contributed by atoms with Crippen molar-refractivity contribution in [3.63, 3.8) is 0 Å². The molecule has 0 bridgehead atoms. The number of benzene rings is 2. The number of fused-ring (bicyclic) bond motifs is 2. The van der Waals surface area contributed by atoms with Gasteiger partial charge in [-0.15, -0.1) is 0 Å². The molecule has 2 aliphatic rings. The Hall–Kier alpha value is -6.31. The van der Waals surface area contributed by atoms with E-state index < -0.39 is 66.3 Å². The van der Waals surface area contributed by atoms with Gasteiger partial charge in [0.1, 0.15) is 0 Å². The molecular formula is C49H68N10O9. The lowest BCUT2D eigenvalue weighted by atomic mass is 9.84. The van der Waals surface area contributed by atoms with Gasteiger partial charge in [-0.2, -0.15) is 0 Å². The second-order valence-electron chi connectivity index (χ2n) is 18.5. The molecule has 0 spiro atoms. The van der Waals surface area contributed by atoms with E-state index in [1.807, 2.05) is 54.7 Å². The van der Waals surface area contributed by atoms with Gasteiger partial charge in [0, 0.05) is 103 Å². The van der Waals surface area contributed by atoms with Crippen LogP contribution < -0.4 is 43.4 Å². The van der Waals surface area contributed by atoms with Crippen LogP contribution in [0.5, 0.6) is 0 Å². The summed E-state index contributed by atoms with van der Waals surface area (Å²) < 4.78 is 0. The Morgan fingerprint density at radius 1 is 0.632 bits per heavy atom. The molecule has 0 radical (unpaired) electrons. The van der Waals surface area contributed by atoms with E-state index in [-0.39, 0.29) is 74.8 Å². The Bertz CT molecular complexity index is 2370. The number of hydrogen-bond donors (Lipinski definition) is 12. The van der Waals surface area contributed by atoms with Crippen LogP contribution in [0.4, 0.5) is 0 Å². The van der Waals surface area contributed by atoms with Crippen LogP contribution in [0, 0.1) is 11.8 Å². The Balaban J connectivity index is 1.11. The maximum atomic E-state index is 14.2. The SMILES string of the molecule is NCCC[C@@H](CC(=O)N[C@@H]1CCNC[C@H]1C(=O)N[C@H](CC(=O)N[C@@H](CCC(=O)O)CC(=O)O)Cc1c[nH]c2ccccc12)NC(=O)C[C@H](Cc1c[nH]c2ccccc12)NC(=O)[C@@H]1CCCC[C@H]1N. The molecule has 1 saturated carbocycles. The number of nitrogens with one attached hydrogen (secondary N) is 8. The van der Waals surface area contributed by atoms with Gasteiger partial charge in [0.05, 0.1) is 18.3 Å². The van der Waals surface area contributed by atoms with Crippen LogP contribution in [0.1, 0.15) is 94.6 Å². The van der Waals surface area contributed by atoms with Crippen molar-refractivity contribution >= 4 is 63.3 Å². The minimum Gasteiger partial charge on any atom is -0.481 e. The van der Waals surface area contributed by atoms with Gasteiger partial charge in [-0.25, -0.2) is 0 Å². The van der Waals surface area contributed by atoms with Crippen LogP contribution in [0.3, 0.4) is 0 Å². The average Bonchev–Trinajstić information content (AvgIpc) is 3.90. The molecular weight excluding hydrogens is 873 g/mol. The number of H-pyrrole nitrogens is 2. The minimum atomic E-state index is -1.19. The van der Waals surface area contributed by atoms with E-state index >= 15 is 0 Å². The van der Waals surface area contributed by atoms with Crippen LogP contribution in [-0.2, 0) is 46.4 Å². The molecule has 3 heterocycles. The fourth-order valence-electron chi connectivity index (χ4n) is 9.72. The van der Waals surface area contributed by atoms with Crippen LogP contribution in [-0.4, -0.2) is 118 Å². The first-order valence-electron chi connectivity index (χ1n) is 23.9. The molecule has 4 aromatic rings. The molecule has 2 aromatic heterocycles. The Morgan fingerprint density at radius 3 is 1.74 bits per heavy atom. The first kappa shape index (κ1) is 51.1. The van der Waals surface area contributed by atoms with Crippen molar-refractivity contribution < 1.29 is 43.8 Å². The second-order valence-corrected chi connectivity index (χ2v) is 18.5. The summed E-state index contributed by atoms with van der Waals surface area (Å²) in [5.74, 6) is -5.22. The van der Waals surface area contributed by atoms with Crippen LogP contribution in [0.15, 0.2) is 60.9 Å². The number of carbonyl (C=O) groups excluding carboxylic acids is 5. The summed E-state index contributed by atoms with van der Waals surface area (Å²) in [7, 11) is 0. The lowest BCUT2D eigenvalue weighted by Gasteiger charge is -2.33. The average molecular weight is 941 g/mol. The van der Waals surface area contributed by atoms with E-state index in [4.69, 9.17) is 11.5 Å². The molecule has 1 aliphatic heterocycles. The number of para-hydroxylation sites is 2. The molecule has 14 N–H and O–H groups in total. The molecule has 5 amide bonds. The standard InChI is InChI=1S/C49H68N10O9/c50-18-7-8-31(55-43(60)23-33(57-48(67)37-11-1-4-12-39(37)51)20-29-26-53-40-13-5-2-9-35(29)40)22-45(62)59-42-17-19-52-28-38(42)49(68)58-34(21-30-27-54-41-14-6-3-10-36(30)41)24-44(61)56-32(25-47(65)66)15-16-46(63)64/h2-3,5-6,9-10,13-14,26-27,31-34,37-39,42,52-54H,1,4,7-8,11-12,15-25,28,50-51H2,(H,55,60)(H,56,61)(H,57,67)(H,58,68)(H,59,62)(H,63,64)(H,65,66)/t31-,32-,33-,34-,37+,38+,39+,42+/m0/s1. The van der Waals surface area contributed by atoms with E-state index in [0.29, 0.717) is 45.2 Å². The Morgan fingerprint density at radius 2 is 1.18 bits per heavy atom. The lowest BCUT2D eigenvalue weighted by Crippen LogP contribution is -2.57. The normalized spacial score (nSPS) is 20.1. The van der Waals surface area contributed by atoms with Gasteiger partial charge in [-0.3, -0.25) is 33.6 Å². The summed E-state index contributed by atoms with van der Waals surface area (Å²) in [6, 6.07) is 11.7. The highest BCUT2D eigenvalue weighted by Crippen LogP contribution is 2.25. The smallest absolute Gasteiger partial charge is 0.305 e. The van der Waals surface area contributed by atoms with Crippen LogP contribution in [0.2, 0.25) is 0 Å². The highest BCUT2D eigenvalue weighted by molar-refractivity contribution is 5.87. The third-order valence-electron chi connectivity index (χ3n) is 13.2. The predicted molar refractivity (Wildman–Crippen MR) is 256 cm³/mol. The van der Waals surface area contributed by atoms with Crippen molar-refractivity contribution in [1.29, 1.82) is 0 Å². The molecule has 19 heteroatoms. The van der Waals surface area contributed by atoms with E-state index in [1.165, 1.54) is 0 Å². The molecule has 1 saturated heterocycles. The zero-order chi connectivity index (χ0) is 48.6. The van der Waals surface area contributed by atoms with Crippen LogP contribution >= 0.6 is 0 Å². The van der Waals surface area contributed by atoms with Gasteiger partial charge in [0.25, 0.3) is 0 Å². The van der Waals surface area contributed by atoms with Gasteiger partial charge < -0.3 is 63.5 Å². The van der Waals surface area contributed by atoms with Crippen molar-refractivity contribution in [1.82, 2.24) is 41.9 Å². The van der Waals surface area contributed by atoms with E-state index in [2.05, 4.69) is 41.9 Å². The van der Waals surface area contributed by atoms with Gasteiger partial charge in [0.2, 0.25) is 29.5 Å². The quantitative estimate of drug-likeness (QED) is 0.0456. The third kappa shape index (κ3) is 15.1. The fraction of sp³-hybridized carbons (Fsp3) is 0.531. The number of carboxylic acids is 2. The fourth-order valence-corrected chi connectivity index (χ4v) is 9.72. The van der Waals surface area contributed by atoms with Crippen LogP contribution in [0.25, 0.3) is 21.8 Å². The molecule has 1 aliphatic carbocycles. The molecule has 6 rings (SSSR count). The number of carbonyl (C=O) groups is 7. The Kier molecular flexibility index (Phi) is 18.9. The molecule has 19 nitrogen and oxygen atoms in total. The number of aliphatic carboxylic acids is 2. The van der Waals surface area contributed by atoms with Gasteiger partial charge >= 0.3 is 11.9 Å². The lowest BCUT2D eigenvalue weighted by molar-refractivity contribution is -0.140. The number of hydrogen-bond acceptors (Lipinski definition) is 10. The topological polar surface area (TPSA) is 316 Å². The summed E-state index contributed by atoms with van der Waals surface area (Å²) in [6.07, 6.45) is 7.82. The second kappa shape index (κ2) is 25.2. The summed E-state index contributed by atoms with van der Waals surface area (Å²) in [4.78, 5) is 98.3. The largest absolute Gasteiger partial charge is 0.481 e. The maximum Gasteiger partial charge on any atom is 0.305 e. The number of aromatic nitrogens is 2. The molecule has 68 heavy (non-hydrogen) atoms. The zero-order valence-corrected chi connectivity index (χ0v) is 38.5. The number of aromatic amines is 2. The van der Waals surface area contributed by atoms with Gasteiger partial charge in [-0.1, -0.05) is 49.2 Å². The van der Waals surface area contributed by atoms with E-state index in [9.17, 15) is 43.8 Å². The molecule has 2 fully saturated rings. The zero-order valence-electron chi connectivity index (χ0n) is 38.5. The number of carboxylic acid groups (broad SMARTS) is 2. The van der Waals surface area contributed by atoms with E-state index in [1.54, 1.807) is 6.20 Å². The number of amides is 5. The molecule has 0 unspecified atom stereocenters. The Labute approximate surface area is 395 Å². The van der Waals surface area contributed by atoms with Crippen molar-refractivity contribution in [3.8, 4) is 0 Å². The first-order valence-corrected chi connectivity index (χ1v) is 23.9. The number of nitrogens with two attached hydrogens (primary N) is 2. The van der Waals surface area contributed by atoms with Gasteiger partial charge in [-0.05, 0) is 87.7 Å². The number of piperidine rings is 1. The summed E-state index contributed by atoms with van der Waals surface area (Å²) in [5.41, 5.74) is 15.9. The molecule has 2 aromatic carbocycles. The van der Waals surface area contributed by atoms with Crippen molar-refractivity contribution in [2.75, 3.05) is 19.6 Å². The van der Waals surface area contributed by atoms with E-state index in [0.717, 1.165) is 52.2 Å². The summed E-state index contributed by atoms with van der Waals surface area (Å²) >= 11 is 0. The highest BCUT2D eigenvalue weighted by atomic mass is 16.4. The summed E-state index contributed by atoms with van der Waals surface area (Å²) in [5, 5.41) is 38.7. The van der Waals surface area contributed by atoms with Crippen molar-refractivity contribution in [3.05, 3.63) is 72.1 Å². The minimum absolute atomic E-state index is 0.0369. The third-order valence-corrected chi connectivity index (χ3v) is 13.2.